The molecule has 1 aromatic heterocycles. The average molecular weight is 346 g/mol. The Morgan fingerprint density at radius 2 is 1.73 bits per heavy atom. The molecule has 0 saturated carbocycles. The molecular weight excluding hydrogens is 324 g/mol. The highest BCUT2D eigenvalue weighted by atomic mass is 16.5. The largest absolute Gasteiger partial charge is 0.355 e. The van der Waals surface area contributed by atoms with Crippen LogP contribution in [0.25, 0.3) is 11.3 Å². The monoisotopic (exact) mass is 346 g/mol. The van der Waals surface area contributed by atoms with Gasteiger partial charge in [0.1, 0.15) is 0 Å². The third kappa shape index (κ3) is 3.54. The lowest BCUT2D eigenvalue weighted by Gasteiger charge is -2.24. The molecule has 26 heavy (non-hydrogen) atoms. The number of rotatable bonds is 3. The zero-order valence-corrected chi connectivity index (χ0v) is 14.7. The number of benzene rings is 2. The topological polar surface area (TPSA) is 46.3 Å². The van der Waals surface area contributed by atoms with Crippen molar-refractivity contribution in [2.75, 3.05) is 13.1 Å². The maximum atomic E-state index is 13.0. The van der Waals surface area contributed by atoms with Gasteiger partial charge in [0.2, 0.25) is 0 Å². The van der Waals surface area contributed by atoms with E-state index in [1.807, 2.05) is 41.3 Å². The van der Waals surface area contributed by atoms with E-state index in [1.54, 1.807) is 6.07 Å². The van der Waals surface area contributed by atoms with E-state index < -0.39 is 0 Å². The first-order valence-electron chi connectivity index (χ1n) is 9.17. The van der Waals surface area contributed by atoms with Crippen molar-refractivity contribution in [2.45, 2.75) is 25.2 Å². The van der Waals surface area contributed by atoms with E-state index in [2.05, 4.69) is 29.4 Å². The quantitative estimate of drug-likeness (QED) is 0.687. The van der Waals surface area contributed by atoms with Crippen LogP contribution < -0.4 is 0 Å². The first-order chi connectivity index (χ1) is 12.8. The molecule has 1 atom stereocenters. The van der Waals surface area contributed by atoms with Crippen LogP contribution in [0.4, 0.5) is 0 Å². The number of likely N-dealkylation sites (tertiary alicyclic amines) is 1. The van der Waals surface area contributed by atoms with Crippen LogP contribution in [0, 0.1) is 0 Å². The molecule has 4 heteroatoms. The Hall–Kier alpha value is -2.88. The molecule has 1 aliphatic heterocycles. The van der Waals surface area contributed by atoms with E-state index in [0.29, 0.717) is 17.4 Å². The van der Waals surface area contributed by atoms with Gasteiger partial charge in [-0.3, -0.25) is 4.79 Å². The molecule has 1 aliphatic rings. The molecule has 2 heterocycles. The first kappa shape index (κ1) is 16.6. The van der Waals surface area contributed by atoms with Crippen LogP contribution >= 0.6 is 0 Å². The molecule has 4 rings (SSSR count). The van der Waals surface area contributed by atoms with Crippen molar-refractivity contribution in [3.05, 3.63) is 78.0 Å². The summed E-state index contributed by atoms with van der Waals surface area (Å²) < 4.78 is 5.41. The summed E-state index contributed by atoms with van der Waals surface area (Å²) in [7, 11) is 0. The van der Waals surface area contributed by atoms with Gasteiger partial charge in [0.15, 0.2) is 11.5 Å². The molecule has 132 valence electrons. The maximum Gasteiger partial charge on any atom is 0.276 e. The lowest BCUT2D eigenvalue weighted by atomic mass is 9.94. The highest BCUT2D eigenvalue weighted by molar-refractivity contribution is 5.93. The van der Waals surface area contributed by atoms with Crippen LogP contribution in [-0.2, 0) is 0 Å². The molecule has 0 bridgehead atoms. The van der Waals surface area contributed by atoms with Crippen molar-refractivity contribution in [2.24, 2.45) is 0 Å². The van der Waals surface area contributed by atoms with E-state index in [-0.39, 0.29) is 5.91 Å². The molecule has 0 radical (unpaired) electrons. The van der Waals surface area contributed by atoms with Gasteiger partial charge >= 0.3 is 0 Å². The highest BCUT2D eigenvalue weighted by Crippen LogP contribution is 2.28. The molecule has 1 fully saturated rings. The van der Waals surface area contributed by atoms with Crippen molar-refractivity contribution in [3.63, 3.8) is 0 Å². The van der Waals surface area contributed by atoms with Gasteiger partial charge in [-0.05, 0) is 18.4 Å². The Labute approximate surface area is 153 Å². The van der Waals surface area contributed by atoms with E-state index in [9.17, 15) is 4.79 Å². The minimum atomic E-state index is -0.0428. The van der Waals surface area contributed by atoms with Gasteiger partial charge in [-0.25, -0.2) is 0 Å². The van der Waals surface area contributed by atoms with Gasteiger partial charge in [0.25, 0.3) is 5.91 Å². The molecule has 3 aromatic rings. The first-order valence-corrected chi connectivity index (χ1v) is 9.17. The van der Waals surface area contributed by atoms with Gasteiger partial charge < -0.3 is 9.42 Å². The van der Waals surface area contributed by atoms with Crippen molar-refractivity contribution in [1.29, 1.82) is 0 Å². The Morgan fingerprint density at radius 3 is 2.50 bits per heavy atom. The fourth-order valence-electron chi connectivity index (χ4n) is 3.60. The third-order valence-corrected chi connectivity index (χ3v) is 5.02. The molecule has 2 aromatic carbocycles. The van der Waals surface area contributed by atoms with Crippen LogP contribution in [0.3, 0.4) is 0 Å². The predicted molar refractivity (Wildman–Crippen MR) is 101 cm³/mol. The normalized spacial score (nSPS) is 17.7. The lowest BCUT2D eigenvalue weighted by molar-refractivity contribution is 0.0744. The molecular formula is C22H22N2O2. The van der Waals surface area contributed by atoms with E-state index in [0.717, 1.165) is 37.9 Å². The number of nitrogens with zero attached hydrogens (tertiary/aromatic N) is 2. The molecule has 0 aliphatic carbocycles. The van der Waals surface area contributed by atoms with Crippen molar-refractivity contribution in [1.82, 2.24) is 10.1 Å². The summed E-state index contributed by atoms with van der Waals surface area (Å²) in [6.45, 7) is 1.51. The predicted octanol–water partition coefficient (Wildman–Crippen LogP) is 4.75. The summed E-state index contributed by atoms with van der Waals surface area (Å²) in [5.74, 6) is 0.963. The zero-order chi connectivity index (χ0) is 17.8. The van der Waals surface area contributed by atoms with E-state index in [1.165, 1.54) is 5.56 Å². The molecule has 1 saturated heterocycles. The van der Waals surface area contributed by atoms with Crippen LogP contribution in [0.1, 0.15) is 41.2 Å². The Morgan fingerprint density at radius 1 is 1.00 bits per heavy atom. The average Bonchev–Trinajstić information content (AvgIpc) is 3.07. The molecule has 1 unspecified atom stereocenters. The summed E-state index contributed by atoms with van der Waals surface area (Å²) in [4.78, 5) is 14.9. The van der Waals surface area contributed by atoms with E-state index >= 15 is 0 Å². The molecule has 0 spiro atoms. The molecule has 0 N–H and O–H groups in total. The Kier molecular flexibility index (Phi) is 4.82. The smallest absolute Gasteiger partial charge is 0.276 e. The van der Waals surface area contributed by atoms with Crippen molar-refractivity contribution in [3.8, 4) is 11.3 Å². The second-order valence-corrected chi connectivity index (χ2v) is 6.80. The van der Waals surface area contributed by atoms with Crippen LogP contribution in [0.2, 0.25) is 0 Å². The number of carbonyl (C=O) groups is 1. The van der Waals surface area contributed by atoms with Gasteiger partial charge in [0, 0.05) is 30.6 Å². The standard InChI is InChI=1S/C22H22N2O2/c25-22(20-15-21(26-23-20)18-11-5-2-6-12-18)24-14-8-7-13-19(16-24)17-9-3-1-4-10-17/h1-6,9-12,15,19H,7-8,13-14,16H2. The molecule has 1 amide bonds. The van der Waals surface area contributed by atoms with Gasteiger partial charge in [-0.2, -0.15) is 0 Å². The fraction of sp³-hybridized carbons (Fsp3) is 0.273. The fourth-order valence-corrected chi connectivity index (χ4v) is 3.60. The number of carbonyl (C=O) groups excluding carboxylic acids is 1. The van der Waals surface area contributed by atoms with Crippen molar-refractivity contribution >= 4 is 5.91 Å². The van der Waals surface area contributed by atoms with Gasteiger partial charge in [0.05, 0.1) is 0 Å². The summed E-state index contributed by atoms with van der Waals surface area (Å²) in [5, 5.41) is 4.03. The lowest BCUT2D eigenvalue weighted by Crippen LogP contribution is -2.34. The van der Waals surface area contributed by atoms with E-state index in [4.69, 9.17) is 4.52 Å². The third-order valence-electron chi connectivity index (χ3n) is 5.02. The summed E-state index contributed by atoms with van der Waals surface area (Å²) in [6, 6.07) is 22.0. The minimum Gasteiger partial charge on any atom is -0.355 e. The van der Waals surface area contributed by atoms with Gasteiger partial charge in [-0.15, -0.1) is 0 Å². The minimum absolute atomic E-state index is 0.0428. The number of hydrogen-bond donors (Lipinski definition) is 0. The Bertz CT molecular complexity index is 858. The van der Waals surface area contributed by atoms with Crippen LogP contribution in [-0.4, -0.2) is 29.1 Å². The number of amides is 1. The van der Waals surface area contributed by atoms with Crippen molar-refractivity contribution < 1.29 is 9.32 Å². The maximum absolute atomic E-state index is 13.0. The second kappa shape index (κ2) is 7.56. The Balaban J connectivity index is 1.53. The number of aromatic nitrogens is 1. The molecule has 4 nitrogen and oxygen atoms in total. The van der Waals surface area contributed by atoms with Crippen LogP contribution in [0.15, 0.2) is 71.3 Å². The van der Waals surface area contributed by atoms with Gasteiger partial charge in [-0.1, -0.05) is 72.2 Å². The second-order valence-electron chi connectivity index (χ2n) is 6.80. The van der Waals surface area contributed by atoms with Crippen LogP contribution in [0.5, 0.6) is 0 Å². The summed E-state index contributed by atoms with van der Waals surface area (Å²) >= 11 is 0. The number of hydrogen-bond acceptors (Lipinski definition) is 3. The zero-order valence-electron chi connectivity index (χ0n) is 14.7. The summed E-state index contributed by atoms with van der Waals surface area (Å²) in [6.07, 6.45) is 3.28. The SMILES string of the molecule is O=C(c1cc(-c2ccccc2)on1)N1CCCCC(c2ccccc2)C1. The summed E-state index contributed by atoms with van der Waals surface area (Å²) in [5.41, 5.74) is 2.62. The highest BCUT2D eigenvalue weighted by Gasteiger charge is 2.26.